The molecule has 0 atom stereocenters. The van der Waals surface area contributed by atoms with Crippen LogP contribution in [0.25, 0.3) is 0 Å². The third-order valence-corrected chi connectivity index (χ3v) is 7.28. The van der Waals surface area contributed by atoms with Gasteiger partial charge >= 0.3 is 0 Å². The summed E-state index contributed by atoms with van der Waals surface area (Å²) in [5.41, 5.74) is 2.06. The zero-order chi connectivity index (χ0) is 23.5. The fourth-order valence-corrected chi connectivity index (χ4v) is 5.15. The third-order valence-electron chi connectivity index (χ3n) is 5.90. The van der Waals surface area contributed by atoms with Gasteiger partial charge in [0, 0.05) is 49.2 Å². The molecule has 1 amide bonds. The number of nitrogens with zero attached hydrogens (tertiary/aromatic N) is 2. The van der Waals surface area contributed by atoms with E-state index in [4.69, 9.17) is 9.47 Å². The van der Waals surface area contributed by atoms with Crippen LogP contribution in [-0.4, -0.2) is 58.6 Å². The number of piperazine rings is 1. The molecule has 0 unspecified atom stereocenters. The molecule has 0 aromatic heterocycles. The van der Waals surface area contributed by atoms with Gasteiger partial charge in [-0.05, 0) is 48.5 Å². The molecule has 0 bridgehead atoms. The van der Waals surface area contributed by atoms with Crippen molar-refractivity contribution in [2.75, 3.05) is 49.0 Å². The van der Waals surface area contributed by atoms with Crippen molar-refractivity contribution < 1.29 is 22.7 Å². The first-order valence-corrected chi connectivity index (χ1v) is 12.6. The van der Waals surface area contributed by atoms with E-state index >= 15 is 0 Å². The number of anilines is 2. The van der Waals surface area contributed by atoms with Crippen LogP contribution in [0.2, 0.25) is 0 Å². The molecule has 1 fully saturated rings. The highest BCUT2D eigenvalue weighted by Gasteiger charge is 2.23. The van der Waals surface area contributed by atoms with Crippen LogP contribution in [0.15, 0.2) is 77.7 Å². The SMILES string of the molecule is O=C(c1ccc(NS(=O)(=O)c2ccc3c(c2)OCCO3)cc1)N1CCN(c2ccccc2)CC1. The van der Waals surface area contributed by atoms with Gasteiger partial charge in [0.2, 0.25) is 0 Å². The summed E-state index contributed by atoms with van der Waals surface area (Å²) in [7, 11) is -3.82. The summed E-state index contributed by atoms with van der Waals surface area (Å²) in [5.74, 6) is 0.869. The summed E-state index contributed by atoms with van der Waals surface area (Å²) in [6.45, 7) is 3.61. The molecular weight excluding hydrogens is 454 g/mol. The van der Waals surface area contributed by atoms with E-state index in [1.807, 2.05) is 23.1 Å². The molecule has 8 nitrogen and oxygen atoms in total. The summed E-state index contributed by atoms with van der Waals surface area (Å²) in [4.78, 5) is 17.1. The lowest BCUT2D eigenvalue weighted by atomic mass is 10.1. The molecule has 2 heterocycles. The van der Waals surface area contributed by atoms with E-state index in [1.165, 1.54) is 12.1 Å². The summed E-state index contributed by atoms with van der Waals surface area (Å²) in [6, 6.07) is 21.2. The molecule has 3 aromatic carbocycles. The Morgan fingerprint density at radius 1 is 0.794 bits per heavy atom. The third kappa shape index (κ3) is 4.65. The Hall–Kier alpha value is -3.72. The maximum Gasteiger partial charge on any atom is 0.262 e. The van der Waals surface area contributed by atoms with Crippen molar-refractivity contribution in [1.82, 2.24) is 4.90 Å². The minimum Gasteiger partial charge on any atom is -0.486 e. The van der Waals surface area contributed by atoms with Crippen LogP contribution in [0.1, 0.15) is 10.4 Å². The number of para-hydroxylation sites is 1. The van der Waals surface area contributed by atoms with Gasteiger partial charge in [-0.15, -0.1) is 0 Å². The Labute approximate surface area is 198 Å². The molecule has 1 N–H and O–H groups in total. The first-order chi connectivity index (χ1) is 16.5. The highest BCUT2D eigenvalue weighted by Crippen LogP contribution is 2.32. The summed E-state index contributed by atoms with van der Waals surface area (Å²) in [6.07, 6.45) is 0. The van der Waals surface area contributed by atoms with Crippen molar-refractivity contribution in [3.63, 3.8) is 0 Å². The lowest BCUT2D eigenvalue weighted by molar-refractivity contribution is 0.0747. The van der Waals surface area contributed by atoms with Crippen molar-refractivity contribution in [1.29, 1.82) is 0 Å². The molecule has 0 spiro atoms. The quantitative estimate of drug-likeness (QED) is 0.605. The molecule has 176 valence electrons. The second-order valence-corrected chi connectivity index (χ2v) is 9.79. The molecular formula is C25H25N3O5S. The molecule has 5 rings (SSSR count). The summed E-state index contributed by atoms with van der Waals surface area (Å²) in [5, 5.41) is 0. The zero-order valence-electron chi connectivity index (χ0n) is 18.5. The molecule has 2 aliphatic rings. The number of hydrogen-bond acceptors (Lipinski definition) is 6. The van der Waals surface area contributed by atoms with Gasteiger partial charge in [-0.25, -0.2) is 8.42 Å². The Bertz CT molecular complexity index is 1270. The predicted molar refractivity (Wildman–Crippen MR) is 129 cm³/mol. The number of rotatable bonds is 5. The fourth-order valence-electron chi connectivity index (χ4n) is 4.07. The largest absolute Gasteiger partial charge is 0.486 e. The number of carbonyl (C=O) groups is 1. The topological polar surface area (TPSA) is 88.2 Å². The van der Waals surface area contributed by atoms with Crippen LogP contribution in [-0.2, 0) is 10.0 Å². The van der Waals surface area contributed by atoms with Gasteiger partial charge in [0.1, 0.15) is 13.2 Å². The van der Waals surface area contributed by atoms with Gasteiger partial charge in [0.25, 0.3) is 15.9 Å². The molecule has 3 aromatic rings. The average molecular weight is 480 g/mol. The smallest absolute Gasteiger partial charge is 0.262 e. The van der Waals surface area contributed by atoms with Crippen LogP contribution in [0.3, 0.4) is 0 Å². The van der Waals surface area contributed by atoms with Crippen LogP contribution >= 0.6 is 0 Å². The van der Waals surface area contributed by atoms with Crippen molar-refractivity contribution in [3.05, 3.63) is 78.4 Å². The Kier molecular flexibility index (Phi) is 6.02. The van der Waals surface area contributed by atoms with E-state index in [9.17, 15) is 13.2 Å². The molecule has 0 radical (unpaired) electrons. The highest BCUT2D eigenvalue weighted by molar-refractivity contribution is 7.92. The number of carbonyl (C=O) groups excluding carboxylic acids is 1. The summed E-state index contributed by atoms with van der Waals surface area (Å²) >= 11 is 0. The number of hydrogen-bond donors (Lipinski definition) is 1. The van der Waals surface area contributed by atoms with E-state index in [2.05, 4.69) is 21.8 Å². The number of amides is 1. The summed E-state index contributed by atoms with van der Waals surface area (Å²) < 4.78 is 39.1. The van der Waals surface area contributed by atoms with Gasteiger partial charge in [-0.2, -0.15) is 0 Å². The van der Waals surface area contributed by atoms with Gasteiger partial charge in [0.15, 0.2) is 11.5 Å². The van der Waals surface area contributed by atoms with E-state index in [0.717, 1.165) is 18.8 Å². The Morgan fingerprint density at radius 2 is 1.47 bits per heavy atom. The first kappa shape index (κ1) is 22.1. The number of fused-ring (bicyclic) bond motifs is 1. The van der Waals surface area contributed by atoms with Gasteiger partial charge in [0.05, 0.1) is 4.90 Å². The Balaban J connectivity index is 1.22. The predicted octanol–water partition coefficient (Wildman–Crippen LogP) is 3.22. The van der Waals surface area contributed by atoms with Crippen LogP contribution in [0.4, 0.5) is 11.4 Å². The van der Waals surface area contributed by atoms with Gasteiger partial charge in [-0.1, -0.05) is 18.2 Å². The number of nitrogens with one attached hydrogen (secondary N) is 1. The minimum atomic E-state index is -3.82. The second kappa shape index (κ2) is 9.26. The lowest BCUT2D eigenvalue weighted by Crippen LogP contribution is -2.48. The van der Waals surface area contributed by atoms with E-state index in [1.54, 1.807) is 30.3 Å². The van der Waals surface area contributed by atoms with E-state index in [0.29, 0.717) is 49.1 Å². The van der Waals surface area contributed by atoms with Crippen molar-refractivity contribution >= 4 is 27.3 Å². The van der Waals surface area contributed by atoms with E-state index < -0.39 is 10.0 Å². The van der Waals surface area contributed by atoms with Crippen molar-refractivity contribution in [2.24, 2.45) is 0 Å². The van der Waals surface area contributed by atoms with Crippen LogP contribution in [0, 0.1) is 0 Å². The van der Waals surface area contributed by atoms with Crippen LogP contribution < -0.4 is 19.1 Å². The van der Waals surface area contributed by atoms with Gasteiger partial charge < -0.3 is 19.3 Å². The number of sulfonamides is 1. The molecule has 0 aliphatic carbocycles. The molecule has 2 aliphatic heterocycles. The number of benzene rings is 3. The molecule has 1 saturated heterocycles. The van der Waals surface area contributed by atoms with E-state index in [-0.39, 0.29) is 10.8 Å². The maximum absolute atomic E-state index is 12.9. The van der Waals surface area contributed by atoms with Crippen molar-refractivity contribution in [3.8, 4) is 11.5 Å². The van der Waals surface area contributed by atoms with Crippen molar-refractivity contribution in [2.45, 2.75) is 4.90 Å². The lowest BCUT2D eigenvalue weighted by Gasteiger charge is -2.36. The monoisotopic (exact) mass is 479 g/mol. The van der Waals surface area contributed by atoms with Crippen LogP contribution in [0.5, 0.6) is 11.5 Å². The first-order valence-electron chi connectivity index (χ1n) is 11.1. The fraction of sp³-hybridized carbons (Fsp3) is 0.240. The Morgan fingerprint density at radius 3 is 2.18 bits per heavy atom. The average Bonchev–Trinajstić information content (AvgIpc) is 2.89. The maximum atomic E-state index is 12.9. The highest BCUT2D eigenvalue weighted by atomic mass is 32.2. The molecule has 0 saturated carbocycles. The normalized spacial score (nSPS) is 15.6. The molecule has 9 heteroatoms. The number of ether oxygens (including phenoxy) is 2. The zero-order valence-corrected chi connectivity index (χ0v) is 19.3. The molecule has 34 heavy (non-hydrogen) atoms. The van der Waals surface area contributed by atoms with Gasteiger partial charge in [-0.3, -0.25) is 9.52 Å². The standard InChI is InChI=1S/C25H25N3O5S/c29-25(28-14-12-27(13-15-28)21-4-2-1-3-5-21)19-6-8-20(9-7-19)26-34(30,31)22-10-11-23-24(18-22)33-17-16-32-23/h1-11,18,26H,12-17H2. The minimum absolute atomic E-state index is 0.0612. The second-order valence-electron chi connectivity index (χ2n) is 8.10.